The first kappa shape index (κ1) is 23.0. The fraction of sp³-hybridized carbons (Fsp3) is 0.440. The van der Waals surface area contributed by atoms with Gasteiger partial charge in [0.15, 0.2) is 0 Å². The van der Waals surface area contributed by atoms with Crippen LogP contribution in [0.1, 0.15) is 43.0 Å². The molecule has 4 aromatic rings. The molecule has 6 rings (SSSR count). The molecule has 2 aliphatic rings. The van der Waals surface area contributed by atoms with Crippen molar-refractivity contribution < 1.29 is 17.9 Å². The zero-order valence-electron chi connectivity index (χ0n) is 19.7. The van der Waals surface area contributed by atoms with E-state index < -0.39 is 11.9 Å². The molecule has 4 aromatic heterocycles. The lowest BCUT2D eigenvalue weighted by Crippen LogP contribution is -2.50. The van der Waals surface area contributed by atoms with E-state index in [1.807, 2.05) is 23.1 Å². The molecule has 11 heteroatoms. The smallest absolute Gasteiger partial charge is 0.433 e. The Morgan fingerprint density at radius 2 is 1.89 bits per heavy atom. The number of ether oxygens (including phenoxy) is 1. The Morgan fingerprint density at radius 3 is 2.67 bits per heavy atom. The minimum atomic E-state index is -4.48. The second-order valence-corrected chi connectivity index (χ2v) is 9.67. The van der Waals surface area contributed by atoms with Crippen molar-refractivity contribution in [3.8, 4) is 17.1 Å². The van der Waals surface area contributed by atoms with Crippen LogP contribution in [0.15, 0.2) is 43.1 Å². The summed E-state index contributed by atoms with van der Waals surface area (Å²) in [5.74, 6) is 0.0552. The number of hydrogen-bond acceptors (Lipinski definition) is 6. The van der Waals surface area contributed by atoms with E-state index in [1.54, 1.807) is 19.3 Å². The third kappa shape index (κ3) is 4.43. The first-order valence-electron chi connectivity index (χ1n) is 12.1. The van der Waals surface area contributed by atoms with E-state index in [2.05, 4.69) is 36.1 Å². The zero-order valence-corrected chi connectivity index (χ0v) is 19.7. The van der Waals surface area contributed by atoms with E-state index in [0.717, 1.165) is 67.1 Å². The summed E-state index contributed by atoms with van der Waals surface area (Å²) in [6.07, 6.45) is 6.29. The normalized spacial score (nSPS) is 21.6. The monoisotopic (exact) mass is 497 g/mol. The minimum absolute atomic E-state index is 0.0552. The number of hydrogen-bond donors (Lipinski definition) is 1. The van der Waals surface area contributed by atoms with E-state index in [4.69, 9.17) is 4.74 Å². The summed E-state index contributed by atoms with van der Waals surface area (Å²) >= 11 is 0. The number of nitrogens with one attached hydrogen (secondary N) is 1. The molecule has 5 heterocycles. The van der Waals surface area contributed by atoms with Crippen molar-refractivity contribution in [1.82, 2.24) is 34.6 Å². The van der Waals surface area contributed by atoms with Crippen LogP contribution in [-0.2, 0) is 6.18 Å². The van der Waals surface area contributed by atoms with Gasteiger partial charge in [0.05, 0.1) is 17.9 Å². The highest BCUT2D eigenvalue weighted by Crippen LogP contribution is 2.38. The van der Waals surface area contributed by atoms with Gasteiger partial charge in [0, 0.05) is 48.5 Å². The van der Waals surface area contributed by atoms with Crippen LogP contribution < -0.4 is 4.74 Å². The van der Waals surface area contributed by atoms with E-state index in [-0.39, 0.29) is 12.0 Å². The molecular weight excluding hydrogens is 471 g/mol. The molecule has 0 aromatic carbocycles. The number of halogens is 3. The largest absolute Gasteiger partial charge is 0.474 e. The van der Waals surface area contributed by atoms with Crippen molar-refractivity contribution in [3.63, 3.8) is 0 Å². The molecule has 188 valence electrons. The van der Waals surface area contributed by atoms with Crippen LogP contribution in [0.25, 0.3) is 22.3 Å². The van der Waals surface area contributed by atoms with Crippen molar-refractivity contribution in [2.24, 2.45) is 0 Å². The molecule has 1 saturated heterocycles. The Hall–Kier alpha value is -3.47. The molecule has 1 saturated carbocycles. The van der Waals surface area contributed by atoms with Gasteiger partial charge in [-0.15, -0.1) is 0 Å². The maximum absolute atomic E-state index is 13.1. The molecule has 0 atom stereocenters. The maximum atomic E-state index is 13.1. The van der Waals surface area contributed by atoms with Crippen LogP contribution in [0.4, 0.5) is 13.2 Å². The average molecular weight is 498 g/mol. The number of piperidine rings is 1. The van der Waals surface area contributed by atoms with Gasteiger partial charge in [0.2, 0.25) is 5.88 Å². The number of aromatic nitrogens is 6. The molecule has 0 bridgehead atoms. The summed E-state index contributed by atoms with van der Waals surface area (Å²) < 4.78 is 47.1. The number of pyridine rings is 1. The summed E-state index contributed by atoms with van der Waals surface area (Å²) in [4.78, 5) is 17.9. The molecular formula is C25H26F3N7O. The van der Waals surface area contributed by atoms with Gasteiger partial charge < -0.3 is 9.72 Å². The number of aromatic amines is 1. The van der Waals surface area contributed by atoms with E-state index in [1.165, 1.54) is 0 Å². The number of rotatable bonds is 5. The van der Waals surface area contributed by atoms with Crippen LogP contribution in [0, 0.1) is 6.92 Å². The topological polar surface area (TPSA) is 84.8 Å². The van der Waals surface area contributed by atoms with Gasteiger partial charge in [-0.1, -0.05) is 0 Å². The predicted molar refractivity (Wildman–Crippen MR) is 126 cm³/mol. The number of H-pyrrole nitrogens is 1. The van der Waals surface area contributed by atoms with Crippen LogP contribution in [0.2, 0.25) is 0 Å². The van der Waals surface area contributed by atoms with Crippen molar-refractivity contribution in [1.29, 1.82) is 0 Å². The Bertz CT molecular complexity index is 1370. The molecule has 1 aliphatic carbocycles. The molecule has 0 spiro atoms. The average Bonchev–Trinajstić information content (AvgIpc) is 3.48. The van der Waals surface area contributed by atoms with Gasteiger partial charge >= 0.3 is 6.18 Å². The van der Waals surface area contributed by atoms with E-state index in [0.29, 0.717) is 17.6 Å². The lowest BCUT2D eigenvalue weighted by Gasteiger charge is -2.45. The summed E-state index contributed by atoms with van der Waals surface area (Å²) in [6.45, 7) is 3.34. The lowest BCUT2D eigenvalue weighted by atomic mass is 9.84. The second-order valence-electron chi connectivity index (χ2n) is 9.67. The highest BCUT2D eigenvalue weighted by atomic mass is 19.4. The van der Waals surface area contributed by atoms with Crippen LogP contribution >= 0.6 is 0 Å². The third-order valence-electron chi connectivity index (χ3n) is 7.21. The number of fused-ring (bicyclic) bond motifs is 1. The van der Waals surface area contributed by atoms with Crippen LogP contribution in [0.3, 0.4) is 0 Å². The van der Waals surface area contributed by atoms with Crippen molar-refractivity contribution in [2.45, 2.75) is 57.0 Å². The molecule has 0 unspecified atom stereocenters. The molecule has 8 nitrogen and oxygen atoms in total. The molecule has 1 N–H and O–H groups in total. The Morgan fingerprint density at radius 1 is 1.08 bits per heavy atom. The van der Waals surface area contributed by atoms with Crippen molar-refractivity contribution >= 4 is 11.0 Å². The maximum Gasteiger partial charge on any atom is 0.433 e. The number of aryl methyl sites for hydroxylation is 1. The van der Waals surface area contributed by atoms with Gasteiger partial charge in [0.1, 0.15) is 23.8 Å². The van der Waals surface area contributed by atoms with Crippen molar-refractivity contribution in [3.05, 3.63) is 54.4 Å². The number of nitrogens with zero attached hydrogens (tertiary/aromatic N) is 6. The van der Waals surface area contributed by atoms with Gasteiger partial charge in [-0.05, 0) is 50.3 Å². The molecule has 2 fully saturated rings. The Balaban J connectivity index is 1.02. The summed E-state index contributed by atoms with van der Waals surface area (Å²) in [7, 11) is 0. The molecule has 0 radical (unpaired) electrons. The fourth-order valence-electron chi connectivity index (χ4n) is 5.21. The third-order valence-corrected chi connectivity index (χ3v) is 7.21. The van der Waals surface area contributed by atoms with Crippen LogP contribution in [-0.4, -0.2) is 59.9 Å². The predicted octanol–water partition coefficient (Wildman–Crippen LogP) is 4.79. The van der Waals surface area contributed by atoms with Gasteiger partial charge in [-0.3, -0.25) is 9.58 Å². The zero-order chi connectivity index (χ0) is 24.9. The lowest BCUT2D eigenvalue weighted by molar-refractivity contribution is -0.141. The summed E-state index contributed by atoms with van der Waals surface area (Å²) in [6, 6.07) is 5.41. The Kier molecular flexibility index (Phi) is 5.66. The van der Waals surface area contributed by atoms with E-state index >= 15 is 0 Å². The summed E-state index contributed by atoms with van der Waals surface area (Å²) in [5, 5.41) is 5.57. The summed E-state index contributed by atoms with van der Waals surface area (Å²) in [5.41, 5.74) is 2.24. The van der Waals surface area contributed by atoms with Crippen LogP contribution in [0.5, 0.6) is 5.88 Å². The Labute approximate surface area is 205 Å². The first-order valence-corrected chi connectivity index (χ1v) is 12.1. The quantitative estimate of drug-likeness (QED) is 0.427. The van der Waals surface area contributed by atoms with Gasteiger partial charge in [-0.2, -0.15) is 18.3 Å². The van der Waals surface area contributed by atoms with Gasteiger partial charge in [0.25, 0.3) is 0 Å². The SMILES string of the molecule is Cc1cc(OC2CCN(C3CC(n4cc(-c5ncnc6[nH]ccc56)cn4)C3)CC2)nc(C(F)(F)F)c1. The second kappa shape index (κ2) is 8.88. The minimum Gasteiger partial charge on any atom is -0.474 e. The highest BCUT2D eigenvalue weighted by molar-refractivity contribution is 5.89. The first-order chi connectivity index (χ1) is 17.3. The molecule has 1 aliphatic heterocycles. The molecule has 0 amide bonds. The molecule has 36 heavy (non-hydrogen) atoms. The van der Waals surface area contributed by atoms with Gasteiger partial charge in [-0.25, -0.2) is 15.0 Å². The van der Waals surface area contributed by atoms with E-state index in [9.17, 15) is 13.2 Å². The standard InChI is InChI=1S/C25H26F3N7O/c1-15-8-21(25(26,27)28)33-22(9-15)36-19-3-6-34(7-4-19)17-10-18(11-17)35-13-16(12-32-35)23-20-2-5-29-24(20)31-14-30-23/h2,5,8-9,12-14,17-19H,3-4,6-7,10-11H2,1H3,(H,29,30,31). The number of likely N-dealkylation sites (tertiary alicyclic amines) is 1. The highest BCUT2D eigenvalue weighted by Gasteiger charge is 2.37. The van der Waals surface area contributed by atoms with Crippen molar-refractivity contribution in [2.75, 3.05) is 13.1 Å². The fourth-order valence-corrected chi connectivity index (χ4v) is 5.21. The number of alkyl halides is 3.